The van der Waals surface area contributed by atoms with E-state index in [0.717, 1.165) is 63.1 Å². The number of para-hydroxylation sites is 2. The maximum Gasteiger partial charge on any atom is 0.193 e. The Hall–Kier alpha value is -1.22. The molecule has 0 atom stereocenters. The summed E-state index contributed by atoms with van der Waals surface area (Å²) in [5, 5.41) is 3.40. The van der Waals surface area contributed by atoms with Crippen LogP contribution in [0.2, 0.25) is 0 Å². The van der Waals surface area contributed by atoms with Crippen LogP contribution in [0.3, 0.4) is 0 Å². The molecule has 0 aliphatic carbocycles. The molecular formula is C17H29IN4O2. The molecule has 1 aliphatic rings. The van der Waals surface area contributed by atoms with Gasteiger partial charge >= 0.3 is 0 Å². The summed E-state index contributed by atoms with van der Waals surface area (Å²) in [6.07, 6.45) is 0.983. The van der Waals surface area contributed by atoms with E-state index in [1.165, 1.54) is 0 Å². The molecule has 0 amide bonds. The molecule has 0 unspecified atom stereocenters. The van der Waals surface area contributed by atoms with Gasteiger partial charge in [-0.05, 0) is 18.6 Å². The van der Waals surface area contributed by atoms with Crippen LogP contribution >= 0.6 is 24.0 Å². The van der Waals surface area contributed by atoms with E-state index in [2.05, 4.69) is 32.2 Å². The topological polar surface area (TPSA) is 49.3 Å². The van der Waals surface area contributed by atoms with Crippen LogP contribution in [-0.2, 0) is 4.74 Å². The molecule has 0 saturated carbocycles. The van der Waals surface area contributed by atoms with Crippen molar-refractivity contribution in [1.29, 1.82) is 0 Å². The summed E-state index contributed by atoms with van der Waals surface area (Å²) >= 11 is 0. The highest BCUT2D eigenvalue weighted by molar-refractivity contribution is 14.0. The number of hydrogen-bond donors (Lipinski definition) is 1. The lowest BCUT2D eigenvalue weighted by molar-refractivity contribution is 0.195. The number of nitrogens with one attached hydrogen (secondary N) is 1. The van der Waals surface area contributed by atoms with Crippen molar-refractivity contribution >= 4 is 35.6 Å². The van der Waals surface area contributed by atoms with Crippen LogP contribution in [0.1, 0.15) is 6.42 Å². The molecule has 1 aromatic rings. The first-order valence-electron chi connectivity index (χ1n) is 8.12. The van der Waals surface area contributed by atoms with Crippen LogP contribution in [0.25, 0.3) is 0 Å². The van der Waals surface area contributed by atoms with Crippen LogP contribution in [0, 0.1) is 0 Å². The number of hydrogen-bond acceptors (Lipinski definition) is 4. The highest BCUT2D eigenvalue weighted by Crippen LogP contribution is 2.28. The fraction of sp³-hybridized carbons (Fsp3) is 0.588. The Morgan fingerprint density at radius 1 is 1.17 bits per heavy atom. The summed E-state index contributed by atoms with van der Waals surface area (Å²) in [6.45, 7) is 5.46. The number of ether oxygens (including phenoxy) is 2. The molecular weight excluding hydrogens is 419 g/mol. The van der Waals surface area contributed by atoms with Crippen molar-refractivity contribution < 1.29 is 9.47 Å². The van der Waals surface area contributed by atoms with Crippen molar-refractivity contribution in [3.8, 4) is 5.75 Å². The molecule has 1 aromatic carbocycles. The van der Waals surface area contributed by atoms with Crippen LogP contribution in [0.4, 0.5) is 5.69 Å². The molecule has 2 rings (SSSR count). The highest BCUT2D eigenvalue weighted by Gasteiger charge is 2.21. The third kappa shape index (κ3) is 5.70. The SMILES string of the molecule is CN=C(NCCCOC)N1CCN(c2ccccc2OC)CC1.I. The van der Waals surface area contributed by atoms with Gasteiger partial charge in [-0.3, -0.25) is 4.99 Å². The Balaban J connectivity index is 0.00000288. The molecule has 0 spiro atoms. The van der Waals surface area contributed by atoms with Crippen LogP contribution in [-0.4, -0.2) is 71.5 Å². The van der Waals surface area contributed by atoms with Gasteiger partial charge in [-0.15, -0.1) is 24.0 Å². The lowest BCUT2D eigenvalue weighted by atomic mass is 10.2. The summed E-state index contributed by atoms with van der Waals surface area (Å²) in [5.41, 5.74) is 1.16. The Labute approximate surface area is 162 Å². The normalized spacial score (nSPS) is 15.0. The Bertz CT molecular complexity index is 505. The van der Waals surface area contributed by atoms with Gasteiger partial charge in [0.1, 0.15) is 5.75 Å². The lowest BCUT2D eigenvalue weighted by Crippen LogP contribution is -2.52. The second kappa shape index (κ2) is 11.4. The average Bonchev–Trinajstić information content (AvgIpc) is 2.62. The standard InChI is InChI=1S/C17H28N4O2.HI/c1-18-17(19-9-6-14-22-2)21-12-10-20(11-13-21)15-7-4-5-8-16(15)23-3;/h4-5,7-8H,6,9-14H2,1-3H3,(H,18,19);1H. The van der Waals surface area contributed by atoms with Crippen LogP contribution in [0.15, 0.2) is 29.3 Å². The zero-order chi connectivity index (χ0) is 16.5. The van der Waals surface area contributed by atoms with E-state index >= 15 is 0 Å². The number of rotatable bonds is 6. The number of methoxy groups -OCH3 is 2. The van der Waals surface area contributed by atoms with Gasteiger partial charge in [-0.2, -0.15) is 0 Å². The molecule has 24 heavy (non-hydrogen) atoms. The number of piperazine rings is 1. The van der Waals surface area contributed by atoms with Gasteiger partial charge in [0.2, 0.25) is 0 Å². The highest BCUT2D eigenvalue weighted by atomic mass is 127. The molecule has 1 N–H and O–H groups in total. The summed E-state index contributed by atoms with van der Waals surface area (Å²) in [4.78, 5) is 9.06. The van der Waals surface area contributed by atoms with E-state index in [1.54, 1.807) is 14.2 Å². The number of aliphatic imine (C=N–C) groups is 1. The summed E-state index contributed by atoms with van der Waals surface area (Å²) in [7, 11) is 5.29. The van der Waals surface area contributed by atoms with Crippen molar-refractivity contribution in [1.82, 2.24) is 10.2 Å². The molecule has 136 valence electrons. The third-order valence-electron chi connectivity index (χ3n) is 4.03. The Morgan fingerprint density at radius 2 is 1.88 bits per heavy atom. The molecule has 6 nitrogen and oxygen atoms in total. The minimum absolute atomic E-state index is 0. The predicted octanol–water partition coefficient (Wildman–Crippen LogP) is 2.05. The van der Waals surface area contributed by atoms with Gasteiger partial charge in [-0.25, -0.2) is 0 Å². The van der Waals surface area contributed by atoms with E-state index in [4.69, 9.17) is 9.47 Å². The molecule has 1 saturated heterocycles. The van der Waals surface area contributed by atoms with Crippen LogP contribution < -0.4 is 15.0 Å². The first-order valence-corrected chi connectivity index (χ1v) is 8.12. The number of benzene rings is 1. The zero-order valence-corrected chi connectivity index (χ0v) is 17.2. The van der Waals surface area contributed by atoms with Crippen molar-refractivity contribution in [2.24, 2.45) is 4.99 Å². The smallest absolute Gasteiger partial charge is 0.193 e. The number of guanidine groups is 1. The maximum atomic E-state index is 5.47. The first-order chi connectivity index (χ1) is 11.3. The lowest BCUT2D eigenvalue weighted by Gasteiger charge is -2.38. The second-order valence-corrected chi connectivity index (χ2v) is 5.47. The molecule has 0 aromatic heterocycles. The molecule has 0 radical (unpaired) electrons. The number of nitrogens with zero attached hydrogens (tertiary/aromatic N) is 3. The van der Waals surface area contributed by atoms with Gasteiger partial charge < -0.3 is 24.6 Å². The minimum atomic E-state index is 0. The summed E-state index contributed by atoms with van der Waals surface area (Å²) < 4.78 is 10.5. The molecule has 1 fully saturated rings. The van der Waals surface area contributed by atoms with E-state index in [0.29, 0.717) is 0 Å². The predicted molar refractivity (Wildman–Crippen MR) is 110 cm³/mol. The number of anilines is 1. The van der Waals surface area contributed by atoms with Crippen molar-refractivity contribution in [2.75, 3.05) is 65.5 Å². The third-order valence-corrected chi connectivity index (χ3v) is 4.03. The van der Waals surface area contributed by atoms with Gasteiger partial charge in [-0.1, -0.05) is 12.1 Å². The largest absolute Gasteiger partial charge is 0.495 e. The second-order valence-electron chi connectivity index (χ2n) is 5.47. The van der Waals surface area contributed by atoms with E-state index < -0.39 is 0 Å². The summed E-state index contributed by atoms with van der Waals surface area (Å²) in [5.74, 6) is 1.91. The van der Waals surface area contributed by atoms with E-state index in [-0.39, 0.29) is 24.0 Å². The van der Waals surface area contributed by atoms with E-state index in [1.807, 2.05) is 19.2 Å². The van der Waals surface area contributed by atoms with Gasteiger partial charge in [0.05, 0.1) is 12.8 Å². The summed E-state index contributed by atoms with van der Waals surface area (Å²) in [6, 6.07) is 8.19. The average molecular weight is 448 g/mol. The van der Waals surface area contributed by atoms with Gasteiger partial charge in [0.15, 0.2) is 5.96 Å². The van der Waals surface area contributed by atoms with Crippen molar-refractivity contribution in [3.05, 3.63) is 24.3 Å². The Kier molecular flexibility index (Phi) is 9.85. The Morgan fingerprint density at radius 3 is 2.50 bits per heavy atom. The van der Waals surface area contributed by atoms with E-state index in [9.17, 15) is 0 Å². The fourth-order valence-corrected chi connectivity index (χ4v) is 2.80. The van der Waals surface area contributed by atoms with Gasteiger partial charge in [0.25, 0.3) is 0 Å². The van der Waals surface area contributed by atoms with Crippen molar-refractivity contribution in [3.63, 3.8) is 0 Å². The molecule has 7 heteroatoms. The van der Waals surface area contributed by atoms with Gasteiger partial charge in [0, 0.05) is 53.5 Å². The quantitative estimate of drug-likeness (QED) is 0.313. The molecule has 1 heterocycles. The number of halogens is 1. The fourth-order valence-electron chi connectivity index (χ4n) is 2.80. The monoisotopic (exact) mass is 448 g/mol. The van der Waals surface area contributed by atoms with Crippen molar-refractivity contribution in [2.45, 2.75) is 6.42 Å². The zero-order valence-electron chi connectivity index (χ0n) is 14.8. The molecule has 1 aliphatic heterocycles. The molecule has 0 bridgehead atoms. The van der Waals surface area contributed by atoms with Crippen LogP contribution in [0.5, 0.6) is 5.75 Å². The minimum Gasteiger partial charge on any atom is -0.495 e. The first kappa shape index (κ1) is 20.8. The maximum absolute atomic E-state index is 5.47.